The van der Waals surface area contributed by atoms with Crippen molar-refractivity contribution in [1.82, 2.24) is 9.78 Å². The third-order valence-electron chi connectivity index (χ3n) is 1.62. The molecule has 0 saturated heterocycles. The van der Waals surface area contributed by atoms with Gasteiger partial charge in [0.05, 0.1) is 12.8 Å². The first-order chi connectivity index (χ1) is 6.33. The van der Waals surface area contributed by atoms with Crippen LogP contribution in [0.4, 0.5) is 4.79 Å². The van der Waals surface area contributed by atoms with E-state index < -0.39 is 6.09 Å². The number of rotatable bonds is 1. The molecule has 0 aliphatic rings. The molecule has 0 radical (unpaired) electrons. The summed E-state index contributed by atoms with van der Waals surface area (Å²) in [7, 11) is 0. The molecule has 2 rings (SSSR count). The Hall–Kier alpha value is -1.36. The molecule has 0 saturated carbocycles. The summed E-state index contributed by atoms with van der Waals surface area (Å²) in [6.07, 6.45) is 1.24. The molecule has 0 aromatic carbocycles. The highest BCUT2D eigenvalue weighted by molar-refractivity contribution is 7.16. The van der Waals surface area contributed by atoms with E-state index >= 15 is 0 Å². The van der Waals surface area contributed by atoms with E-state index in [-0.39, 0.29) is 0 Å². The SMILES string of the molecule is CCOC(=O)n1ncc2ccsc21. The summed E-state index contributed by atoms with van der Waals surface area (Å²) in [4.78, 5) is 12.1. The maximum atomic E-state index is 11.3. The second-order valence-corrected chi connectivity index (χ2v) is 3.33. The van der Waals surface area contributed by atoms with Gasteiger partial charge in [0.15, 0.2) is 0 Å². The molecule has 0 N–H and O–H groups in total. The molecule has 0 amide bonds. The van der Waals surface area contributed by atoms with Crippen molar-refractivity contribution in [3.63, 3.8) is 0 Å². The molecular formula is C8H8N2O2S. The predicted octanol–water partition coefficient (Wildman–Crippen LogP) is 2.10. The summed E-state index contributed by atoms with van der Waals surface area (Å²) in [5, 5.41) is 6.82. The highest BCUT2D eigenvalue weighted by Gasteiger charge is 2.11. The Bertz CT molecular complexity index is 432. The highest BCUT2D eigenvalue weighted by Crippen LogP contribution is 2.19. The Morgan fingerprint density at radius 3 is 3.38 bits per heavy atom. The van der Waals surface area contributed by atoms with Crippen LogP contribution in [0, 0.1) is 0 Å². The number of carbonyl (C=O) groups excluding carboxylic acids is 1. The van der Waals surface area contributed by atoms with Crippen LogP contribution >= 0.6 is 11.3 Å². The van der Waals surface area contributed by atoms with Crippen LogP contribution in [0.5, 0.6) is 0 Å². The average molecular weight is 196 g/mol. The number of ether oxygens (including phenoxy) is 1. The van der Waals surface area contributed by atoms with Gasteiger partial charge in [0.25, 0.3) is 0 Å². The summed E-state index contributed by atoms with van der Waals surface area (Å²) in [6.45, 7) is 2.14. The lowest BCUT2D eigenvalue weighted by Crippen LogP contribution is -2.13. The quantitative estimate of drug-likeness (QED) is 0.701. The van der Waals surface area contributed by atoms with E-state index in [9.17, 15) is 4.79 Å². The van der Waals surface area contributed by atoms with Crippen molar-refractivity contribution in [1.29, 1.82) is 0 Å². The minimum Gasteiger partial charge on any atom is -0.448 e. The summed E-state index contributed by atoms with van der Waals surface area (Å²) in [6, 6.07) is 1.92. The molecule has 0 aliphatic heterocycles. The lowest BCUT2D eigenvalue weighted by molar-refractivity contribution is 0.152. The fourth-order valence-corrected chi connectivity index (χ4v) is 1.89. The van der Waals surface area contributed by atoms with E-state index in [0.717, 1.165) is 10.2 Å². The zero-order valence-corrected chi connectivity index (χ0v) is 7.87. The minimum atomic E-state index is -0.417. The van der Waals surface area contributed by atoms with Crippen LogP contribution in [0.1, 0.15) is 6.92 Å². The molecule has 2 aromatic heterocycles. The van der Waals surface area contributed by atoms with E-state index in [1.54, 1.807) is 13.1 Å². The van der Waals surface area contributed by atoms with E-state index in [0.29, 0.717) is 6.61 Å². The van der Waals surface area contributed by atoms with Crippen molar-refractivity contribution in [2.75, 3.05) is 6.61 Å². The van der Waals surface area contributed by atoms with Crippen molar-refractivity contribution in [2.45, 2.75) is 6.92 Å². The highest BCUT2D eigenvalue weighted by atomic mass is 32.1. The number of carbonyl (C=O) groups is 1. The standard InChI is InChI=1S/C8H8N2O2S/c1-2-12-8(11)10-7-6(5-9-10)3-4-13-7/h3-5H,2H2,1H3. The Balaban J connectivity index is 2.42. The monoisotopic (exact) mass is 196 g/mol. The molecule has 0 aliphatic carbocycles. The Morgan fingerprint density at radius 2 is 2.62 bits per heavy atom. The number of fused-ring (bicyclic) bond motifs is 1. The molecule has 0 fully saturated rings. The lowest BCUT2D eigenvalue weighted by Gasteiger charge is -1.99. The molecule has 0 bridgehead atoms. The number of thiophene rings is 1. The largest absolute Gasteiger partial charge is 0.448 e. The fraction of sp³-hybridized carbons (Fsp3) is 0.250. The van der Waals surface area contributed by atoms with Gasteiger partial charge in [0.2, 0.25) is 0 Å². The zero-order chi connectivity index (χ0) is 9.26. The van der Waals surface area contributed by atoms with Gasteiger partial charge in [-0.25, -0.2) is 4.79 Å². The number of nitrogens with zero attached hydrogens (tertiary/aromatic N) is 2. The number of hydrogen-bond acceptors (Lipinski definition) is 4. The third-order valence-corrected chi connectivity index (χ3v) is 2.52. The van der Waals surface area contributed by atoms with Gasteiger partial charge >= 0.3 is 6.09 Å². The van der Waals surface area contributed by atoms with Gasteiger partial charge in [-0.2, -0.15) is 9.78 Å². The van der Waals surface area contributed by atoms with Crippen LogP contribution in [0.2, 0.25) is 0 Å². The van der Waals surface area contributed by atoms with Crippen LogP contribution in [-0.2, 0) is 4.74 Å². The van der Waals surface area contributed by atoms with Gasteiger partial charge in [0.1, 0.15) is 4.83 Å². The Morgan fingerprint density at radius 1 is 1.77 bits per heavy atom. The van der Waals surface area contributed by atoms with E-state index in [2.05, 4.69) is 5.10 Å². The van der Waals surface area contributed by atoms with Crippen LogP contribution in [0.15, 0.2) is 17.6 Å². The number of hydrogen-bond donors (Lipinski definition) is 0. The van der Waals surface area contributed by atoms with Crippen LogP contribution < -0.4 is 0 Å². The lowest BCUT2D eigenvalue weighted by atomic mass is 10.5. The predicted molar refractivity (Wildman–Crippen MR) is 50.0 cm³/mol. The van der Waals surface area contributed by atoms with Crippen molar-refractivity contribution >= 4 is 27.6 Å². The average Bonchev–Trinajstić information content (AvgIpc) is 2.62. The van der Waals surface area contributed by atoms with Crippen LogP contribution in [0.25, 0.3) is 10.2 Å². The molecular weight excluding hydrogens is 188 g/mol. The maximum Gasteiger partial charge on any atom is 0.436 e. The smallest absolute Gasteiger partial charge is 0.436 e. The normalized spacial score (nSPS) is 10.5. The first kappa shape index (κ1) is 8.25. The van der Waals surface area contributed by atoms with E-state index in [4.69, 9.17) is 4.74 Å². The van der Waals surface area contributed by atoms with Gasteiger partial charge in [-0.3, -0.25) is 0 Å². The second kappa shape index (κ2) is 3.18. The van der Waals surface area contributed by atoms with Crippen molar-refractivity contribution in [2.24, 2.45) is 0 Å². The third kappa shape index (κ3) is 1.31. The molecule has 0 unspecified atom stereocenters. The number of aromatic nitrogens is 2. The molecule has 4 nitrogen and oxygen atoms in total. The van der Waals surface area contributed by atoms with Gasteiger partial charge in [-0.05, 0) is 18.4 Å². The zero-order valence-electron chi connectivity index (χ0n) is 7.06. The molecule has 2 aromatic rings. The van der Waals surface area contributed by atoms with Gasteiger partial charge in [-0.15, -0.1) is 11.3 Å². The molecule has 0 spiro atoms. The molecule has 5 heteroatoms. The van der Waals surface area contributed by atoms with Gasteiger partial charge in [0, 0.05) is 5.39 Å². The molecule has 68 valence electrons. The van der Waals surface area contributed by atoms with Gasteiger partial charge < -0.3 is 4.74 Å². The van der Waals surface area contributed by atoms with E-state index in [1.165, 1.54) is 16.0 Å². The summed E-state index contributed by atoms with van der Waals surface area (Å²) in [5.41, 5.74) is 0. The van der Waals surface area contributed by atoms with Crippen LogP contribution in [0.3, 0.4) is 0 Å². The van der Waals surface area contributed by atoms with Crippen LogP contribution in [-0.4, -0.2) is 22.5 Å². The minimum absolute atomic E-state index is 0.367. The first-order valence-electron chi connectivity index (χ1n) is 3.91. The fourth-order valence-electron chi connectivity index (χ4n) is 1.07. The maximum absolute atomic E-state index is 11.3. The van der Waals surface area contributed by atoms with Crippen molar-refractivity contribution < 1.29 is 9.53 Å². The Kier molecular flexibility index (Phi) is 2.02. The van der Waals surface area contributed by atoms with Gasteiger partial charge in [-0.1, -0.05) is 0 Å². The summed E-state index contributed by atoms with van der Waals surface area (Å²) in [5.74, 6) is 0. The summed E-state index contributed by atoms with van der Waals surface area (Å²) >= 11 is 1.47. The van der Waals surface area contributed by atoms with Crippen molar-refractivity contribution in [3.05, 3.63) is 17.6 Å². The Labute approximate surface area is 78.7 Å². The molecule has 13 heavy (non-hydrogen) atoms. The second-order valence-electron chi connectivity index (χ2n) is 2.44. The molecule has 0 atom stereocenters. The topological polar surface area (TPSA) is 44.1 Å². The van der Waals surface area contributed by atoms with Crippen molar-refractivity contribution in [3.8, 4) is 0 Å². The summed E-state index contributed by atoms with van der Waals surface area (Å²) < 4.78 is 6.11. The first-order valence-corrected chi connectivity index (χ1v) is 4.79. The molecule has 2 heterocycles. The van der Waals surface area contributed by atoms with E-state index in [1.807, 2.05) is 11.4 Å².